The lowest BCUT2D eigenvalue weighted by Gasteiger charge is -2.16. The topological polar surface area (TPSA) is 67.2 Å². The molecule has 0 spiro atoms. The maximum absolute atomic E-state index is 11.1. The normalized spacial score (nSPS) is 23.2. The number of allylic oxidation sites excluding steroid dienone is 2. The lowest BCUT2D eigenvalue weighted by Crippen LogP contribution is -2.33. The molecular formula is C8H9NO3. The van der Waals surface area contributed by atoms with E-state index in [1.165, 1.54) is 19.9 Å². The molecule has 64 valence electrons. The van der Waals surface area contributed by atoms with Crippen LogP contribution in [0.25, 0.3) is 0 Å². The molecule has 1 aliphatic rings. The van der Waals surface area contributed by atoms with E-state index in [9.17, 15) is 9.59 Å². The zero-order valence-electron chi connectivity index (χ0n) is 6.88. The van der Waals surface area contributed by atoms with Crippen molar-refractivity contribution in [3.63, 3.8) is 0 Å². The molecule has 4 heteroatoms. The van der Waals surface area contributed by atoms with Crippen LogP contribution in [0.1, 0.15) is 13.8 Å². The molecular weight excluding hydrogens is 158 g/mol. The van der Waals surface area contributed by atoms with Crippen molar-refractivity contribution in [3.8, 4) is 0 Å². The van der Waals surface area contributed by atoms with Crippen LogP contribution < -0.4 is 0 Å². The van der Waals surface area contributed by atoms with Gasteiger partial charge in [-0.1, -0.05) is 0 Å². The van der Waals surface area contributed by atoms with E-state index in [0.29, 0.717) is 5.76 Å². The Morgan fingerprint density at radius 3 is 2.58 bits per heavy atom. The van der Waals surface area contributed by atoms with Gasteiger partial charge in [-0.25, -0.2) is 0 Å². The SMILES string of the molecule is CC(=N)C1C(=O)C=C(C)OC1=O. The summed E-state index contributed by atoms with van der Waals surface area (Å²) in [5, 5.41) is 7.16. The summed E-state index contributed by atoms with van der Waals surface area (Å²) in [5.74, 6) is -1.74. The highest BCUT2D eigenvalue weighted by Gasteiger charge is 2.32. The number of esters is 1. The van der Waals surface area contributed by atoms with Gasteiger partial charge < -0.3 is 10.1 Å². The summed E-state index contributed by atoms with van der Waals surface area (Å²) in [4.78, 5) is 22.2. The maximum atomic E-state index is 11.1. The Hall–Kier alpha value is -1.45. The molecule has 1 aliphatic heterocycles. The third-order valence-electron chi connectivity index (χ3n) is 1.56. The number of rotatable bonds is 1. The van der Waals surface area contributed by atoms with Crippen molar-refractivity contribution >= 4 is 17.5 Å². The fourth-order valence-electron chi connectivity index (χ4n) is 1.04. The molecule has 0 aromatic heterocycles. The van der Waals surface area contributed by atoms with Crippen molar-refractivity contribution in [2.24, 2.45) is 5.92 Å². The minimum atomic E-state index is -1.02. The van der Waals surface area contributed by atoms with Gasteiger partial charge in [-0.3, -0.25) is 9.59 Å². The number of nitrogens with one attached hydrogen (secondary N) is 1. The van der Waals surface area contributed by atoms with E-state index < -0.39 is 11.9 Å². The minimum Gasteiger partial charge on any atom is -0.430 e. The van der Waals surface area contributed by atoms with Gasteiger partial charge in [0, 0.05) is 11.8 Å². The molecule has 12 heavy (non-hydrogen) atoms. The Bertz CT molecular complexity index is 291. The molecule has 0 saturated carbocycles. The van der Waals surface area contributed by atoms with Crippen LogP contribution in [0.2, 0.25) is 0 Å². The molecule has 1 N–H and O–H groups in total. The van der Waals surface area contributed by atoms with Crippen molar-refractivity contribution in [2.45, 2.75) is 13.8 Å². The summed E-state index contributed by atoms with van der Waals surface area (Å²) in [7, 11) is 0. The standard InChI is InChI=1S/C8H9NO3/c1-4-3-6(10)7(5(2)9)8(11)12-4/h3,7,9H,1-2H3. The Labute approximate surface area is 69.7 Å². The fourth-order valence-corrected chi connectivity index (χ4v) is 1.04. The number of cyclic esters (lactones) is 1. The Morgan fingerprint density at radius 1 is 1.58 bits per heavy atom. The lowest BCUT2D eigenvalue weighted by atomic mass is 9.97. The van der Waals surface area contributed by atoms with Crippen molar-refractivity contribution in [1.29, 1.82) is 5.41 Å². The summed E-state index contributed by atoms with van der Waals surface area (Å²) in [6, 6.07) is 0. The average molecular weight is 167 g/mol. The Morgan fingerprint density at radius 2 is 2.17 bits per heavy atom. The second-order valence-corrected chi connectivity index (χ2v) is 2.69. The molecule has 0 bridgehead atoms. The molecule has 1 heterocycles. The molecule has 0 saturated heterocycles. The van der Waals surface area contributed by atoms with E-state index in [-0.39, 0.29) is 11.5 Å². The summed E-state index contributed by atoms with van der Waals surface area (Å²) < 4.78 is 4.69. The highest BCUT2D eigenvalue weighted by molar-refractivity contribution is 6.22. The monoisotopic (exact) mass is 167 g/mol. The van der Waals surface area contributed by atoms with Crippen LogP contribution in [0.15, 0.2) is 11.8 Å². The van der Waals surface area contributed by atoms with Gasteiger partial charge in [0.05, 0.1) is 0 Å². The second-order valence-electron chi connectivity index (χ2n) is 2.69. The number of hydrogen-bond acceptors (Lipinski definition) is 4. The van der Waals surface area contributed by atoms with Gasteiger partial charge in [-0.15, -0.1) is 0 Å². The molecule has 0 amide bonds. The molecule has 0 aromatic rings. The van der Waals surface area contributed by atoms with Crippen LogP contribution in [0.3, 0.4) is 0 Å². The predicted octanol–water partition coefficient (Wildman–Crippen LogP) is 0.672. The van der Waals surface area contributed by atoms with Gasteiger partial charge in [0.2, 0.25) is 0 Å². The van der Waals surface area contributed by atoms with Gasteiger partial charge >= 0.3 is 5.97 Å². The van der Waals surface area contributed by atoms with Crippen LogP contribution >= 0.6 is 0 Å². The van der Waals surface area contributed by atoms with Crippen molar-refractivity contribution in [2.75, 3.05) is 0 Å². The van der Waals surface area contributed by atoms with Crippen LogP contribution in [0.4, 0.5) is 0 Å². The van der Waals surface area contributed by atoms with Gasteiger partial charge in [-0.2, -0.15) is 0 Å². The summed E-state index contributed by atoms with van der Waals surface area (Å²) in [6.45, 7) is 2.95. The number of ether oxygens (including phenoxy) is 1. The average Bonchev–Trinajstić information content (AvgIpc) is 1.82. The smallest absolute Gasteiger partial charge is 0.327 e. The molecule has 4 nitrogen and oxygen atoms in total. The van der Waals surface area contributed by atoms with E-state index in [1.54, 1.807) is 0 Å². The quantitative estimate of drug-likeness (QED) is 0.354. The van der Waals surface area contributed by atoms with E-state index >= 15 is 0 Å². The molecule has 1 rings (SSSR count). The molecule has 0 radical (unpaired) electrons. The first-order valence-corrected chi connectivity index (χ1v) is 3.51. The highest BCUT2D eigenvalue weighted by atomic mass is 16.5. The van der Waals surface area contributed by atoms with E-state index in [4.69, 9.17) is 10.1 Å². The van der Waals surface area contributed by atoms with Gasteiger partial charge in [0.25, 0.3) is 0 Å². The third kappa shape index (κ3) is 1.42. The van der Waals surface area contributed by atoms with Crippen molar-refractivity contribution in [3.05, 3.63) is 11.8 Å². The summed E-state index contributed by atoms with van der Waals surface area (Å²) >= 11 is 0. The molecule has 0 aliphatic carbocycles. The first-order chi connectivity index (χ1) is 5.52. The number of carbonyl (C=O) groups is 2. The van der Waals surface area contributed by atoms with E-state index in [0.717, 1.165) is 0 Å². The van der Waals surface area contributed by atoms with E-state index in [2.05, 4.69) is 0 Å². The molecule has 0 fully saturated rings. The van der Waals surface area contributed by atoms with Crippen LogP contribution in [0, 0.1) is 11.3 Å². The van der Waals surface area contributed by atoms with Gasteiger partial charge in [-0.05, 0) is 13.8 Å². The summed E-state index contributed by atoms with van der Waals surface area (Å²) in [5.41, 5.74) is 0.0220. The zero-order valence-corrected chi connectivity index (χ0v) is 6.88. The summed E-state index contributed by atoms with van der Waals surface area (Å²) in [6.07, 6.45) is 1.24. The zero-order chi connectivity index (χ0) is 9.30. The van der Waals surface area contributed by atoms with Gasteiger partial charge in [0.15, 0.2) is 11.7 Å². The number of ketones is 1. The van der Waals surface area contributed by atoms with Gasteiger partial charge in [0.1, 0.15) is 5.76 Å². The van der Waals surface area contributed by atoms with Crippen molar-refractivity contribution in [1.82, 2.24) is 0 Å². The molecule has 0 aromatic carbocycles. The Kier molecular flexibility index (Phi) is 2.08. The number of hydrogen-bond donors (Lipinski definition) is 1. The Balaban J connectivity index is 2.98. The van der Waals surface area contributed by atoms with Crippen molar-refractivity contribution < 1.29 is 14.3 Å². The first-order valence-electron chi connectivity index (χ1n) is 3.51. The second kappa shape index (κ2) is 2.89. The van der Waals surface area contributed by atoms with E-state index in [1.807, 2.05) is 0 Å². The van der Waals surface area contributed by atoms with Crippen LogP contribution in [-0.2, 0) is 14.3 Å². The molecule has 1 atom stereocenters. The van der Waals surface area contributed by atoms with Crippen LogP contribution in [-0.4, -0.2) is 17.5 Å². The third-order valence-corrected chi connectivity index (χ3v) is 1.56. The minimum absolute atomic E-state index is 0.0220. The lowest BCUT2D eigenvalue weighted by molar-refractivity contribution is -0.146. The fraction of sp³-hybridized carbons (Fsp3) is 0.375. The maximum Gasteiger partial charge on any atom is 0.327 e. The largest absolute Gasteiger partial charge is 0.430 e. The molecule has 1 unspecified atom stereocenters. The number of carbonyl (C=O) groups excluding carboxylic acids is 2. The first kappa shape index (κ1) is 8.64. The predicted molar refractivity (Wildman–Crippen MR) is 41.7 cm³/mol. The van der Waals surface area contributed by atoms with Crippen LogP contribution in [0.5, 0.6) is 0 Å². The highest BCUT2D eigenvalue weighted by Crippen LogP contribution is 2.15.